The van der Waals surface area contributed by atoms with E-state index in [9.17, 15) is 4.79 Å². The van der Waals surface area contributed by atoms with Crippen LogP contribution < -0.4 is 5.32 Å². The van der Waals surface area contributed by atoms with E-state index in [2.05, 4.69) is 47.6 Å². The van der Waals surface area contributed by atoms with Crippen molar-refractivity contribution in [3.8, 4) is 0 Å². The summed E-state index contributed by atoms with van der Waals surface area (Å²) in [5.74, 6) is 0.214. The quantitative estimate of drug-likeness (QED) is 0.531. The molecule has 2 heterocycles. The molecule has 0 unspecified atom stereocenters. The number of hydrogen-bond donors (Lipinski definition) is 1. The molecule has 2 aromatic heterocycles. The number of rotatable bonds is 4. The van der Waals surface area contributed by atoms with E-state index in [0.717, 1.165) is 33.1 Å². The summed E-state index contributed by atoms with van der Waals surface area (Å²) in [7, 11) is 0. The van der Waals surface area contributed by atoms with E-state index in [1.807, 2.05) is 41.7 Å². The number of aryl methyl sites for hydroxylation is 3. The summed E-state index contributed by atoms with van der Waals surface area (Å²) in [6.07, 6.45) is 0. The summed E-state index contributed by atoms with van der Waals surface area (Å²) in [6, 6.07) is 16.1. The van der Waals surface area contributed by atoms with Gasteiger partial charge in [0.2, 0.25) is 5.91 Å². The first-order valence-electron chi connectivity index (χ1n) is 8.76. The molecule has 1 N–H and O–H groups in total. The van der Waals surface area contributed by atoms with Crippen molar-refractivity contribution in [2.24, 2.45) is 0 Å². The standard InChI is InChI=1S/C21H20N4OS/c1-13-6-4-8-16(10-13)22-19(26)12-27-21-24-23-18-11-15(3)17-9-5-7-14(2)20(17)25(18)21/h4-11H,12H2,1-3H3,(H,22,26). The van der Waals surface area contributed by atoms with E-state index in [0.29, 0.717) is 0 Å². The Morgan fingerprint density at radius 1 is 1.04 bits per heavy atom. The number of para-hydroxylation sites is 1. The van der Waals surface area contributed by atoms with Gasteiger partial charge in [-0.1, -0.05) is 42.1 Å². The molecule has 0 atom stereocenters. The number of nitrogens with one attached hydrogen (secondary N) is 1. The Balaban J connectivity index is 1.62. The summed E-state index contributed by atoms with van der Waals surface area (Å²) in [5.41, 5.74) is 6.15. The molecule has 136 valence electrons. The van der Waals surface area contributed by atoms with Gasteiger partial charge in [-0.25, -0.2) is 0 Å². The van der Waals surface area contributed by atoms with Crippen LogP contribution in [0.1, 0.15) is 16.7 Å². The number of thioether (sulfide) groups is 1. The number of anilines is 1. The molecule has 0 saturated heterocycles. The van der Waals surface area contributed by atoms with Crippen LogP contribution >= 0.6 is 11.8 Å². The largest absolute Gasteiger partial charge is 0.325 e. The molecule has 0 spiro atoms. The molecule has 0 bridgehead atoms. The Bertz CT molecular complexity index is 1170. The van der Waals surface area contributed by atoms with Gasteiger partial charge in [0, 0.05) is 11.1 Å². The minimum absolute atomic E-state index is 0.0597. The zero-order chi connectivity index (χ0) is 19.0. The van der Waals surface area contributed by atoms with E-state index in [-0.39, 0.29) is 11.7 Å². The number of carbonyl (C=O) groups excluding carboxylic acids is 1. The van der Waals surface area contributed by atoms with Crippen molar-refractivity contribution < 1.29 is 4.79 Å². The highest BCUT2D eigenvalue weighted by atomic mass is 32.2. The topological polar surface area (TPSA) is 59.3 Å². The molecule has 0 fully saturated rings. The van der Waals surface area contributed by atoms with Crippen LogP contribution in [0.2, 0.25) is 0 Å². The van der Waals surface area contributed by atoms with Gasteiger partial charge in [0.1, 0.15) is 0 Å². The second kappa shape index (κ2) is 7.04. The van der Waals surface area contributed by atoms with E-state index >= 15 is 0 Å². The normalized spacial score (nSPS) is 11.2. The Morgan fingerprint density at radius 3 is 2.67 bits per heavy atom. The Morgan fingerprint density at radius 2 is 1.85 bits per heavy atom. The van der Waals surface area contributed by atoms with Gasteiger partial charge in [-0.05, 0) is 55.7 Å². The first kappa shape index (κ1) is 17.5. The minimum atomic E-state index is -0.0597. The molecule has 27 heavy (non-hydrogen) atoms. The Kier molecular flexibility index (Phi) is 4.58. The fourth-order valence-electron chi connectivity index (χ4n) is 3.27. The molecule has 6 heteroatoms. The van der Waals surface area contributed by atoms with Gasteiger partial charge in [0.05, 0.1) is 11.3 Å². The van der Waals surface area contributed by atoms with E-state index in [1.165, 1.54) is 22.7 Å². The minimum Gasteiger partial charge on any atom is -0.325 e. The fourth-order valence-corrected chi connectivity index (χ4v) is 4.02. The predicted octanol–water partition coefficient (Wildman–Crippen LogP) is 4.54. The summed E-state index contributed by atoms with van der Waals surface area (Å²) < 4.78 is 2.04. The second-order valence-electron chi connectivity index (χ2n) is 6.68. The zero-order valence-corrected chi connectivity index (χ0v) is 16.3. The molecule has 4 aromatic rings. The first-order valence-corrected chi connectivity index (χ1v) is 9.75. The lowest BCUT2D eigenvalue weighted by atomic mass is 10.1. The maximum absolute atomic E-state index is 12.4. The number of hydrogen-bond acceptors (Lipinski definition) is 4. The van der Waals surface area contributed by atoms with Gasteiger partial charge in [-0.15, -0.1) is 10.2 Å². The van der Waals surface area contributed by atoms with Crippen molar-refractivity contribution in [1.29, 1.82) is 0 Å². The summed E-state index contributed by atoms with van der Waals surface area (Å²) in [6.45, 7) is 6.17. The van der Waals surface area contributed by atoms with Crippen molar-refractivity contribution in [3.63, 3.8) is 0 Å². The second-order valence-corrected chi connectivity index (χ2v) is 7.62. The van der Waals surface area contributed by atoms with Gasteiger partial charge < -0.3 is 5.32 Å². The molecular formula is C21H20N4OS. The third-order valence-electron chi connectivity index (χ3n) is 4.52. The van der Waals surface area contributed by atoms with Crippen molar-refractivity contribution in [3.05, 3.63) is 65.2 Å². The number of fused-ring (bicyclic) bond motifs is 3. The van der Waals surface area contributed by atoms with E-state index in [1.54, 1.807) is 0 Å². The molecule has 2 aromatic carbocycles. The van der Waals surface area contributed by atoms with Gasteiger partial charge in [-0.3, -0.25) is 9.20 Å². The molecular weight excluding hydrogens is 356 g/mol. The lowest BCUT2D eigenvalue weighted by molar-refractivity contribution is -0.113. The van der Waals surface area contributed by atoms with Crippen molar-refractivity contribution in [2.75, 3.05) is 11.1 Å². The summed E-state index contributed by atoms with van der Waals surface area (Å²) >= 11 is 1.39. The number of carbonyl (C=O) groups is 1. The third-order valence-corrected chi connectivity index (χ3v) is 5.45. The highest BCUT2D eigenvalue weighted by Gasteiger charge is 2.14. The van der Waals surface area contributed by atoms with Crippen LogP contribution in [0.15, 0.2) is 53.7 Å². The summed E-state index contributed by atoms with van der Waals surface area (Å²) in [4.78, 5) is 12.4. The molecule has 0 aliphatic heterocycles. The fraction of sp³-hybridized carbons (Fsp3) is 0.190. The predicted molar refractivity (Wildman–Crippen MR) is 110 cm³/mol. The number of amides is 1. The molecule has 0 aliphatic rings. The average Bonchev–Trinajstić information content (AvgIpc) is 3.03. The van der Waals surface area contributed by atoms with Gasteiger partial charge >= 0.3 is 0 Å². The number of pyridine rings is 1. The van der Waals surface area contributed by atoms with Crippen LogP contribution in [0.5, 0.6) is 0 Å². The van der Waals surface area contributed by atoms with Crippen molar-refractivity contribution in [1.82, 2.24) is 14.6 Å². The summed E-state index contributed by atoms with van der Waals surface area (Å²) in [5, 5.41) is 13.5. The van der Waals surface area contributed by atoms with Crippen LogP contribution in [-0.2, 0) is 4.79 Å². The number of aromatic nitrogens is 3. The van der Waals surface area contributed by atoms with Crippen LogP contribution in [0.3, 0.4) is 0 Å². The van der Waals surface area contributed by atoms with Crippen LogP contribution in [-0.4, -0.2) is 26.3 Å². The van der Waals surface area contributed by atoms with Crippen LogP contribution in [0, 0.1) is 20.8 Å². The van der Waals surface area contributed by atoms with Gasteiger partial charge in [-0.2, -0.15) is 0 Å². The highest BCUT2D eigenvalue weighted by Crippen LogP contribution is 2.28. The smallest absolute Gasteiger partial charge is 0.234 e. The highest BCUT2D eigenvalue weighted by molar-refractivity contribution is 7.99. The van der Waals surface area contributed by atoms with Crippen molar-refractivity contribution in [2.45, 2.75) is 25.9 Å². The zero-order valence-electron chi connectivity index (χ0n) is 15.5. The first-order chi connectivity index (χ1) is 13.0. The molecule has 0 saturated carbocycles. The Hall–Kier alpha value is -2.86. The average molecular weight is 376 g/mol. The molecule has 0 aliphatic carbocycles. The molecule has 5 nitrogen and oxygen atoms in total. The molecule has 1 amide bonds. The number of nitrogens with zero attached hydrogens (tertiary/aromatic N) is 3. The SMILES string of the molecule is Cc1cccc(NC(=O)CSc2nnc3cc(C)c4cccc(C)c4n23)c1. The molecule has 4 rings (SSSR count). The van der Waals surface area contributed by atoms with Crippen LogP contribution in [0.4, 0.5) is 5.69 Å². The maximum Gasteiger partial charge on any atom is 0.234 e. The lowest BCUT2D eigenvalue weighted by Crippen LogP contribution is -2.14. The monoisotopic (exact) mass is 376 g/mol. The maximum atomic E-state index is 12.4. The Labute approximate surface area is 161 Å². The van der Waals surface area contributed by atoms with E-state index in [4.69, 9.17) is 0 Å². The van der Waals surface area contributed by atoms with Gasteiger partial charge in [0.15, 0.2) is 10.8 Å². The van der Waals surface area contributed by atoms with Crippen molar-refractivity contribution >= 4 is 39.9 Å². The van der Waals surface area contributed by atoms with Crippen LogP contribution in [0.25, 0.3) is 16.6 Å². The number of benzene rings is 2. The third kappa shape index (κ3) is 3.40. The molecule has 0 radical (unpaired) electrons. The van der Waals surface area contributed by atoms with E-state index < -0.39 is 0 Å². The lowest BCUT2D eigenvalue weighted by Gasteiger charge is -2.10. The van der Waals surface area contributed by atoms with Gasteiger partial charge in [0.25, 0.3) is 0 Å².